The number of halogens is 2. The Morgan fingerprint density at radius 1 is 1.22 bits per heavy atom. The van der Waals surface area contributed by atoms with Crippen molar-refractivity contribution in [2.45, 2.75) is 4.90 Å². The largest absolute Gasteiger partial charge is 0.493 e. The number of carboxylic acids is 1. The maximum atomic E-state index is 14.0. The molecule has 0 saturated carbocycles. The zero-order valence-electron chi connectivity index (χ0n) is 14.5. The molecule has 0 heterocycles. The number of rotatable bonds is 8. The van der Waals surface area contributed by atoms with Gasteiger partial charge in [-0.15, -0.1) is 11.8 Å². The summed E-state index contributed by atoms with van der Waals surface area (Å²) in [6.45, 7) is 0. The van der Waals surface area contributed by atoms with Crippen LogP contribution >= 0.6 is 23.4 Å². The monoisotopic (exact) mass is 410 g/mol. The summed E-state index contributed by atoms with van der Waals surface area (Å²) in [4.78, 5) is 23.0. The van der Waals surface area contributed by atoms with Crippen molar-refractivity contribution >= 4 is 41.2 Å². The second-order valence-corrected chi connectivity index (χ2v) is 6.69. The lowest BCUT2D eigenvalue weighted by molar-refractivity contribution is -0.133. The predicted octanol–water partition coefficient (Wildman–Crippen LogP) is 4.57. The number of hydrogen-bond donors (Lipinski definition) is 1. The number of carboxylic acid groups (broad SMARTS) is 1. The second kappa shape index (κ2) is 9.43. The number of carbonyl (C=O) groups excluding carboxylic acids is 1. The highest BCUT2D eigenvalue weighted by atomic mass is 35.5. The number of allylic oxidation sites excluding steroid dienone is 1. The van der Waals surface area contributed by atoms with Crippen LogP contribution in [0.3, 0.4) is 0 Å². The number of methoxy groups -OCH3 is 2. The highest BCUT2D eigenvalue weighted by molar-refractivity contribution is 8.00. The average molecular weight is 411 g/mol. The molecule has 0 saturated heterocycles. The molecule has 0 amide bonds. The Hall–Kier alpha value is -2.51. The van der Waals surface area contributed by atoms with Crippen LogP contribution in [-0.2, 0) is 4.79 Å². The zero-order valence-corrected chi connectivity index (χ0v) is 16.1. The lowest BCUT2D eigenvalue weighted by atomic mass is 10.1. The molecule has 1 N–H and O–H groups in total. The molecule has 27 heavy (non-hydrogen) atoms. The van der Waals surface area contributed by atoms with E-state index in [-0.39, 0.29) is 16.2 Å². The van der Waals surface area contributed by atoms with E-state index in [0.29, 0.717) is 22.1 Å². The van der Waals surface area contributed by atoms with Gasteiger partial charge in [-0.2, -0.15) is 0 Å². The highest BCUT2D eigenvalue weighted by Crippen LogP contribution is 2.36. The molecule has 0 fully saturated rings. The van der Waals surface area contributed by atoms with Crippen molar-refractivity contribution in [1.29, 1.82) is 0 Å². The van der Waals surface area contributed by atoms with Crippen molar-refractivity contribution in [3.63, 3.8) is 0 Å². The summed E-state index contributed by atoms with van der Waals surface area (Å²) in [6.07, 6.45) is 2.82. The molecule has 0 spiro atoms. The van der Waals surface area contributed by atoms with Crippen LogP contribution in [0, 0.1) is 5.82 Å². The Morgan fingerprint density at radius 2 is 1.96 bits per heavy atom. The summed E-state index contributed by atoms with van der Waals surface area (Å²) >= 11 is 6.97. The van der Waals surface area contributed by atoms with Gasteiger partial charge in [-0.25, -0.2) is 4.39 Å². The fraction of sp³-hybridized carbons (Fsp3) is 0.158. The van der Waals surface area contributed by atoms with Crippen molar-refractivity contribution in [3.8, 4) is 11.5 Å². The first-order valence-electron chi connectivity index (χ1n) is 7.63. The van der Waals surface area contributed by atoms with Gasteiger partial charge in [0.15, 0.2) is 17.3 Å². The molecular formula is C19H16ClFO5S. The molecule has 142 valence electrons. The van der Waals surface area contributed by atoms with Gasteiger partial charge in [0, 0.05) is 10.5 Å². The average Bonchev–Trinajstić information content (AvgIpc) is 2.64. The molecule has 2 aromatic carbocycles. The van der Waals surface area contributed by atoms with Crippen LogP contribution in [0.15, 0.2) is 41.3 Å². The molecule has 0 bridgehead atoms. The van der Waals surface area contributed by atoms with Gasteiger partial charge in [0.05, 0.1) is 25.0 Å². The number of hydrogen-bond acceptors (Lipinski definition) is 5. The number of benzene rings is 2. The van der Waals surface area contributed by atoms with E-state index in [1.165, 1.54) is 38.5 Å². The summed E-state index contributed by atoms with van der Waals surface area (Å²) < 4.78 is 24.4. The quantitative estimate of drug-likeness (QED) is 0.390. The van der Waals surface area contributed by atoms with Gasteiger partial charge in [0.1, 0.15) is 5.82 Å². The third kappa shape index (κ3) is 5.48. The molecule has 5 nitrogen and oxygen atoms in total. The fourth-order valence-corrected chi connectivity index (χ4v) is 3.15. The fourth-order valence-electron chi connectivity index (χ4n) is 2.21. The maximum absolute atomic E-state index is 14.0. The first-order valence-corrected chi connectivity index (χ1v) is 9.00. The molecule has 0 radical (unpaired) electrons. The van der Waals surface area contributed by atoms with Crippen LogP contribution in [0.2, 0.25) is 5.02 Å². The van der Waals surface area contributed by atoms with Gasteiger partial charge in [-0.3, -0.25) is 9.59 Å². The number of ketones is 1. The number of aliphatic carboxylic acids is 1. The molecule has 2 aromatic rings. The highest BCUT2D eigenvalue weighted by Gasteiger charge is 2.12. The Balaban J connectivity index is 2.18. The Bertz CT molecular complexity index is 898. The summed E-state index contributed by atoms with van der Waals surface area (Å²) in [6, 6.07) is 7.18. The minimum Gasteiger partial charge on any atom is -0.493 e. The third-order valence-corrected chi connectivity index (χ3v) is 4.76. The van der Waals surface area contributed by atoms with Gasteiger partial charge in [0.2, 0.25) is 0 Å². The van der Waals surface area contributed by atoms with E-state index in [2.05, 4.69) is 0 Å². The molecule has 0 aromatic heterocycles. The van der Waals surface area contributed by atoms with Gasteiger partial charge in [0.25, 0.3) is 0 Å². The van der Waals surface area contributed by atoms with Crippen LogP contribution in [0.25, 0.3) is 6.08 Å². The van der Waals surface area contributed by atoms with Crippen LogP contribution < -0.4 is 9.47 Å². The maximum Gasteiger partial charge on any atom is 0.313 e. The van der Waals surface area contributed by atoms with Gasteiger partial charge < -0.3 is 14.6 Å². The topological polar surface area (TPSA) is 72.8 Å². The van der Waals surface area contributed by atoms with Crippen molar-refractivity contribution in [3.05, 3.63) is 58.4 Å². The lowest BCUT2D eigenvalue weighted by Gasteiger charge is -2.10. The number of ether oxygens (including phenoxy) is 2. The normalized spacial score (nSPS) is 10.8. The molecule has 0 aliphatic rings. The zero-order chi connectivity index (χ0) is 20.0. The molecule has 0 atom stereocenters. The van der Waals surface area contributed by atoms with Gasteiger partial charge in [-0.05, 0) is 42.0 Å². The van der Waals surface area contributed by atoms with Crippen LogP contribution in [0.5, 0.6) is 11.5 Å². The molecular weight excluding hydrogens is 395 g/mol. The van der Waals surface area contributed by atoms with E-state index in [4.69, 9.17) is 26.2 Å². The minimum absolute atomic E-state index is 0.148. The molecule has 2 rings (SSSR count). The first-order chi connectivity index (χ1) is 12.8. The van der Waals surface area contributed by atoms with E-state index in [0.717, 1.165) is 17.8 Å². The van der Waals surface area contributed by atoms with Crippen LogP contribution in [0.1, 0.15) is 15.9 Å². The van der Waals surface area contributed by atoms with Gasteiger partial charge >= 0.3 is 5.97 Å². The molecule has 0 aliphatic carbocycles. The van der Waals surface area contributed by atoms with E-state index in [9.17, 15) is 14.0 Å². The summed E-state index contributed by atoms with van der Waals surface area (Å²) in [5.41, 5.74) is 0.759. The standard InChI is InChI=1S/C19H16ClFO5S/c1-25-16-8-11(7-13(20)19(16)26-2)3-5-15(22)12-4-6-17(14(21)9-12)27-10-18(23)24/h3-9H,10H2,1-2H3,(H,23,24)/b5-3+. The second-order valence-electron chi connectivity index (χ2n) is 5.26. The minimum atomic E-state index is -1.05. The summed E-state index contributed by atoms with van der Waals surface area (Å²) in [5.74, 6) is -1.55. The summed E-state index contributed by atoms with van der Waals surface area (Å²) in [7, 11) is 2.94. The van der Waals surface area contributed by atoms with E-state index in [1.54, 1.807) is 12.1 Å². The number of thioether (sulfide) groups is 1. The van der Waals surface area contributed by atoms with Crippen molar-refractivity contribution < 1.29 is 28.6 Å². The van der Waals surface area contributed by atoms with Crippen molar-refractivity contribution in [2.24, 2.45) is 0 Å². The van der Waals surface area contributed by atoms with Crippen molar-refractivity contribution in [2.75, 3.05) is 20.0 Å². The third-order valence-electron chi connectivity index (χ3n) is 3.45. The molecule has 0 aliphatic heterocycles. The van der Waals surface area contributed by atoms with E-state index < -0.39 is 17.6 Å². The summed E-state index contributed by atoms with van der Waals surface area (Å²) in [5, 5.41) is 8.97. The van der Waals surface area contributed by atoms with Crippen molar-refractivity contribution in [1.82, 2.24) is 0 Å². The van der Waals surface area contributed by atoms with Crippen LogP contribution in [-0.4, -0.2) is 36.8 Å². The lowest BCUT2D eigenvalue weighted by Crippen LogP contribution is -2.00. The first kappa shape index (κ1) is 20.8. The van der Waals surface area contributed by atoms with Gasteiger partial charge in [-0.1, -0.05) is 17.7 Å². The van der Waals surface area contributed by atoms with E-state index in [1.807, 2.05) is 0 Å². The number of carbonyl (C=O) groups is 2. The molecule has 8 heteroatoms. The Labute approximate surface area is 164 Å². The SMILES string of the molecule is COc1cc(/C=C/C(=O)c2ccc(SCC(=O)O)c(F)c2)cc(Cl)c1OC. The Morgan fingerprint density at radius 3 is 2.56 bits per heavy atom. The molecule has 0 unspecified atom stereocenters. The predicted molar refractivity (Wildman–Crippen MR) is 103 cm³/mol. The van der Waals surface area contributed by atoms with E-state index >= 15 is 0 Å². The Kier molecular flexibility index (Phi) is 7.27. The smallest absolute Gasteiger partial charge is 0.313 e. The van der Waals surface area contributed by atoms with Crippen LogP contribution in [0.4, 0.5) is 4.39 Å².